The van der Waals surface area contributed by atoms with Crippen LogP contribution < -0.4 is 11.2 Å². The normalized spacial score (nSPS) is 11.0. The highest BCUT2D eigenvalue weighted by molar-refractivity contribution is 6.45. The Bertz CT molecular complexity index is 830. The SMILES string of the molecule is COC(=O)c1cc(N/N=C(\C#N)C(=N)N)c2oc(C)nc2c1. The summed E-state index contributed by atoms with van der Waals surface area (Å²) in [5.41, 5.74) is 8.79. The number of fused-ring (bicyclic) bond motifs is 1. The number of nitrogens with two attached hydrogens (primary N) is 1. The number of carbonyl (C=O) groups excluding carboxylic acids is 1. The van der Waals surface area contributed by atoms with E-state index in [9.17, 15) is 4.79 Å². The summed E-state index contributed by atoms with van der Waals surface area (Å²) in [7, 11) is 1.26. The summed E-state index contributed by atoms with van der Waals surface area (Å²) in [6.45, 7) is 1.65. The van der Waals surface area contributed by atoms with E-state index in [-0.39, 0.29) is 11.3 Å². The fourth-order valence-corrected chi connectivity index (χ4v) is 1.72. The molecule has 0 fully saturated rings. The summed E-state index contributed by atoms with van der Waals surface area (Å²) in [4.78, 5) is 15.8. The van der Waals surface area contributed by atoms with Crippen LogP contribution in [-0.2, 0) is 4.74 Å². The van der Waals surface area contributed by atoms with Crippen molar-refractivity contribution in [2.45, 2.75) is 6.92 Å². The molecule has 22 heavy (non-hydrogen) atoms. The fraction of sp³-hybridized carbons (Fsp3) is 0.154. The highest BCUT2D eigenvalue weighted by Gasteiger charge is 2.15. The van der Waals surface area contributed by atoms with Crippen LogP contribution >= 0.6 is 0 Å². The number of nitrogens with zero attached hydrogens (tertiary/aromatic N) is 3. The van der Waals surface area contributed by atoms with E-state index in [1.165, 1.54) is 19.2 Å². The van der Waals surface area contributed by atoms with Gasteiger partial charge >= 0.3 is 5.97 Å². The zero-order valence-corrected chi connectivity index (χ0v) is 11.8. The molecule has 2 aromatic rings. The van der Waals surface area contributed by atoms with Gasteiger partial charge in [0.1, 0.15) is 17.3 Å². The largest absolute Gasteiger partial charge is 0.465 e. The topological polar surface area (TPSA) is 150 Å². The number of hydrazone groups is 1. The standard InChI is InChI=1S/C13H12N6O3/c1-6-17-8-3-7(13(20)21-2)4-9(11(8)22-6)18-19-10(5-14)12(15)16/h3-4,18H,1-2H3,(H3,15,16)/b19-10+. The molecule has 0 unspecified atom stereocenters. The number of rotatable bonds is 4. The van der Waals surface area contributed by atoms with Crippen molar-refractivity contribution in [3.05, 3.63) is 23.6 Å². The molecule has 0 radical (unpaired) electrons. The van der Waals surface area contributed by atoms with E-state index < -0.39 is 11.8 Å². The summed E-state index contributed by atoms with van der Waals surface area (Å²) < 4.78 is 10.1. The second-order valence-electron chi connectivity index (χ2n) is 4.19. The average Bonchev–Trinajstić information content (AvgIpc) is 2.86. The Kier molecular flexibility index (Phi) is 4.04. The number of carbonyl (C=O) groups is 1. The molecule has 0 aliphatic carbocycles. The van der Waals surface area contributed by atoms with E-state index in [1.807, 2.05) is 0 Å². The van der Waals surface area contributed by atoms with Crippen LogP contribution in [0.25, 0.3) is 11.1 Å². The Labute approximate surface area is 124 Å². The van der Waals surface area contributed by atoms with Gasteiger partial charge in [0.25, 0.3) is 0 Å². The minimum atomic E-state index is -0.554. The zero-order valence-electron chi connectivity index (χ0n) is 11.8. The molecule has 0 aliphatic heterocycles. The lowest BCUT2D eigenvalue weighted by atomic mass is 10.2. The molecule has 1 heterocycles. The van der Waals surface area contributed by atoms with Crippen LogP contribution in [0.2, 0.25) is 0 Å². The summed E-state index contributed by atoms with van der Waals surface area (Å²) in [6, 6.07) is 4.63. The number of anilines is 1. The predicted octanol–water partition coefficient (Wildman–Crippen LogP) is 1.15. The second kappa shape index (κ2) is 5.92. The molecule has 1 aromatic carbocycles. The Hall–Kier alpha value is -3.41. The van der Waals surface area contributed by atoms with Crippen molar-refractivity contribution in [1.29, 1.82) is 10.7 Å². The molecular formula is C13H12N6O3. The first-order valence-corrected chi connectivity index (χ1v) is 6.04. The van der Waals surface area contributed by atoms with E-state index >= 15 is 0 Å². The molecule has 1 aromatic heterocycles. The van der Waals surface area contributed by atoms with Crippen molar-refractivity contribution in [3.63, 3.8) is 0 Å². The lowest BCUT2D eigenvalue weighted by Crippen LogP contribution is -2.21. The van der Waals surface area contributed by atoms with Crippen LogP contribution in [0.4, 0.5) is 5.69 Å². The molecule has 0 saturated carbocycles. The fourth-order valence-electron chi connectivity index (χ4n) is 1.72. The zero-order chi connectivity index (χ0) is 16.3. The van der Waals surface area contributed by atoms with Gasteiger partial charge in [0.05, 0.1) is 12.7 Å². The third kappa shape index (κ3) is 2.85. The highest BCUT2D eigenvalue weighted by Crippen LogP contribution is 2.26. The quantitative estimate of drug-likeness (QED) is 0.331. The number of methoxy groups -OCH3 is 1. The summed E-state index contributed by atoms with van der Waals surface area (Å²) in [5, 5.41) is 19.7. The van der Waals surface area contributed by atoms with E-state index in [0.717, 1.165) is 0 Å². The van der Waals surface area contributed by atoms with Crippen molar-refractivity contribution >= 4 is 34.3 Å². The molecule has 0 atom stereocenters. The molecule has 0 spiro atoms. The molecule has 9 nitrogen and oxygen atoms in total. The molecule has 9 heteroatoms. The third-order valence-electron chi connectivity index (χ3n) is 2.67. The lowest BCUT2D eigenvalue weighted by molar-refractivity contribution is 0.0601. The van der Waals surface area contributed by atoms with Crippen LogP contribution in [0.15, 0.2) is 21.7 Å². The van der Waals surface area contributed by atoms with E-state index in [2.05, 4.69) is 20.2 Å². The molecular weight excluding hydrogens is 288 g/mol. The van der Waals surface area contributed by atoms with Crippen LogP contribution in [0.5, 0.6) is 0 Å². The number of aromatic nitrogens is 1. The average molecular weight is 300 g/mol. The van der Waals surface area contributed by atoms with E-state index in [0.29, 0.717) is 22.7 Å². The first-order chi connectivity index (χ1) is 10.5. The Morgan fingerprint density at radius 3 is 2.91 bits per heavy atom. The number of benzene rings is 1. The van der Waals surface area contributed by atoms with Gasteiger partial charge in [0.15, 0.2) is 17.3 Å². The first-order valence-electron chi connectivity index (χ1n) is 6.04. The van der Waals surface area contributed by atoms with Gasteiger partial charge in [-0.3, -0.25) is 10.8 Å². The highest BCUT2D eigenvalue weighted by atomic mass is 16.5. The maximum Gasteiger partial charge on any atom is 0.338 e. The number of nitriles is 1. The minimum Gasteiger partial charge on any atom is -0.465 e. The van der Waals surface area contributed by atoms with Gasteiger partial charge < -0.3 is 14.9 Å². The van der Waals surface area contributed by atoms with Crippen molar-refractivity contribution in [2.75, 3.05) is 12.5 Å². The van der Waals surface area contributed by atoms with Gasteiger partial charge in [-0.05, 0) is 12.1 Å². The summed E-state index contributed by atoms with van der Waals surface area (Å²) >= 11 is 0. The third-order valence-corrected chi connectivity index (χ3v) is 2.67. The van der Waals surface area contributed by atoms with Crippen molar-refractivity contribution in [1.82, 2.24) is 4.98 Å². The van der Waals surface area contributed by atoms with Crippen molar-refractivity contribution < 1.29 is 13.9 Å². The van der Waals surface area contributed by atoms with Crippen LogP contribution in [0, 0.1) is 23.7 Å². The Morgan fingerprint density at radius 2 is 2.32 bits per heavy atom. The summed E-state index contributed by atoms with van der Waals surface area (Å²) in [6.07, 6.45) is 0. The van der Waals surface area contributed by atoms with E-state index in [4.69, 9.17) is 20.8 Å². The smallest absolute Gasteiger partial charge is 0.338 e. The summed E-state index contributed by atoms with van der Waals surface area (Å²) in [5.74, 6) is -0.637. The Morgan fingerprint density at radius 1 is 1.59 bits per heavy atom. The number of hydrogen-bond acceptors (Lipinski definition) is 8. The molecule has 0 amide bonds. The minimum absolute atomic E-state index is 0.238. The van der Waals surface area contributed by atoms with Gasteiger partial charge in [-0.2, -0.15) is 10.4 Å². The number of aryl methyl sites for hydroxylation is 1. The van der Waals surface area contributed by atoms with Gasteiger partial charge in [-0.1, -0.05) is 0 Å². The predicted molar refractivity (Wildman–Crippen MR) is 78.7 cm³/mol. The maximum absolute atomic E-state index is 11.7. The number of nitrogens with one attached hydrogen (secondary N) is 2. The lowest BCUT2D eigenvalue weighted by Gasteiger charge is -2.05. The van der Waals surface area contributed by atoms with Crippen LogP contribution in [0.1, 0.15) is 16.2 Å². The van der Waals surface area contributed by atoms with Gasteiger partial charge in [0.2, 0.25) is 5.71 Å². The van der Waals surface area contributed by atoms with E-state index in [1.54, 1.807) is 13.0 Å². The molecule has 0 saturated heterocycles. The Balaban J connectivity index is 2.53. The second-order valence-corrected chi connectivity index (χ2v) is 4.19. The number of hydrogen-bond donors (Lipinski definition) is 3. The molecule has 0 bridgehead atoms. The van der Waals surface area contributed by atoms with Gasteiger partial charge in [-0.25, -0.2) is 9.78 Å². The van der Waals surface area contributed by atoms with Gasteiger partial charge in [-0.15, -0.1) is 0 Å². The number of amidine groups is 1. The molecule has 0 aliphatic rings. The maximum atomic E-state index is 11.7. The molecule has 112 valence electrons. The molecule has 4 N–H and O–H groups in total. The van der Waals surface area contributed by atoms with Gasteiger partial charge in [0, 0.05) is 6.92 Å². The van der Waals surface area contributed by atoms with Crippen molar-refractivity contribution in [3.8, 4) is 6.07 Å². The van der Waals surface area contributed by atoms with Crippen LogP contribution in [-0.4, -0.2) is 29.6 Å². The van der Waals surface area contributed by atoms with Crippen molar-refractivity contribution in [2.24, 2.45) is 10.8 Å². The van der Waals surface area contributed by atoms with Crippen LogP contribution in [0.3, 0.4) is 0 Å². The number of esters is 1. The first kappa shape index (κ1) is 15.0. The number of oxazole rings is 1. The number of ether oxygens (including phenoxy) is 1. The monoisotopic (exact) mass is 300 g/mol. The molecule has 2 rings (SSSR count).